The molecule has 0 saturated carbocycles. The number of aromatic nitrogens is 4. The van der Waals surface area contributed by atoms with Crippen LogP contribution in [0.25, 0.3) is 5.82 Å². The molecule has 1 amide bonds. The van der Waals surface area contributed by atoms with Crippen molar-refractivity contribution in [1.82, 2.24) is 24.9 Å². The van der Waals surface area contributed by atoms with E-state index < -0.39 is 0 Å². The van der Waals surface area contributed by atoms with E-state index in [1.165, 1.54) is 0 Å². The van der Waals surface area contributed by atoms with Crippen molar-refractivity contribution >= 4 is 33.4 Å². The number of nitrogens with zero attached hydrogens (tertiary/aromatic N) is 5. The number of hydrogen-bond donors (Lipinski definition) is 0. The molecule has 3 aromatic rings. The smallest absolute Gasteiger partial charge is 0.255 e. The number of halogens is 2. The first-order valence-electron chi connectivity index (χ1n) is 8.85. The second-order valence-corrected chi connectivity index (χ2v) is 7.74. The number of hydrogen-bond acceptors (Lipinski definition) is 5. The maximum absolute atomic E-state index is 12.7. The summed E-state index contributed by atoms with van der Waals surface area (Å²) in [5.41, 5.74) is 0.510. The summed E-state index contributed by atoms with van der Waals surface area (Å²) in [5.74, 6) is 1.03. The van der Waals surface area contributed by atoms with Crippen molar-refractivity contribution in [1.29, 1.82) is 0 Å². The summed E-state index contributed by atoms with van der Waals surface area (Å²) in [6.45, 7) is 1.20. The lowest BCUT2D eigenvalue weighted by Gasteiger charge is -2.32. The molecule has 0 spiro atoms. The summed E-state index contributed by atoms with van der Waals surface area (Å²) in [7, 11) is 0. The molecule has 0 unspecified atom stereocenters. The van der Waals surface area contributed by atoms with E-state index in [0.717, 1.165) is 17.3 Å². The van der Waals surface area contributed by atoms with Gasteiger partial charge >= 0.3 is 0 Å². The first-order valence-corrected chi connectivity index (χ1v) is 10.0. The van der Waals surface area contributed by atoms with E-state index in [1.807, 2.05) is 18.2 Å². The van der Waals surface area contributed by atoms with Crippen LogP contribution in [0.15, 0.2) is 53.3 Å². The molecule has 144 valence electrons. The number of ether oxygens (including phenoxy) is 1. The Morgan fingerprint density at radius 2 is 2.00 bits per heavy atom. The van der Waals surface area contributed by atoms with Crippen LogP contribution in [-0.2, 0) is 0 Å². The van der Waals surface area contributed by atoms with E-state index in [1.54, 1.807) is 40.2 Å². The summed E-state index contributed by atoms with van der Waals surface area (Å²) in [6, 6.07) is 10.7. The highest BCUT2D eigenvalue weighted by atomic mass is 79.9. The van der Waals surface area contributed by atoms with Crippen molar-refractivity contribution in [2.45, 2.75) is 18.9 Å². The van der Waals surface area contributed by atoms with Crippen molar-refractivity contribution in [2.75, 3.05) is 13.1 Å². The Hall–Kier alpha value is -2.45. The predicted molar refractivity (Wildman–Crippen MR) is 108 cm³/mol. The van der Waals surface area contributed by atoms with Gasteiger partial charge in [-0.25, -0.2) is 4.68 Å². The van der Waals surface area contributed by atoms with Crippen LogP contribution >= 0.6 is 27.5 Å². The SMILES string of the molecule is O=C(c1cc(Br)ccc1Cl)N1CCC(Oc2ccc(-n3cccn3)nn2)CC1. The van der Waals surface area contributed by atoms with Crippen LogP contribution < -0.4 is 4.74 Å². The van der Waals surface area contributed by atoms with Gasteiger partial charge in [0.15, 0.2) is 5.82 Å². The van der Waals surface area contributed by atoms with Crippen molar-refractivity contribution < 1.29 is 9.53 Å². The molecule has 2 aromatic heterocycles. The molecule has 1 aliphatic heterocycles. The Bertz CT molecular complexity index is 957. The summed E-state index contributed by atoms with van der Waals surface area (Å²) >= 11 is 9.57. The third kappa shape index (κ3) is 4.18. The zero-order chi connectivity index (χ0) is 19.5. The largest absolute Gasteiger partial charge is 0.473 e. The van der Waals surface area contributed by atoms with Gasteiger partial charge in [0.2, 0.25) is 5.88 Å². The molecule has 4 rings (SSSR count). The van der Waals surface area contributed by atoms with E-state index in [-0.39, 0.29) is 12.0 Å². The fourth-order valence-electron chi connectivity index (χ4n) is 3.08. The first-order chi connectivity index (χ1) is 13.6. The molecule has 0 N–H and O–H groups in total. The molecule has 9 heteroatoms. The lowest BCUT2D eigenvalue weighted by molar-refractivity contribution is 0.0586. The number of rotatable bonds is 4. The van der Waals surface area contributed by atoms with Crippen LogP contribution in [0.3, 0.4) is 0 Å². The van der Waals surface area contributed by atoms with E-state index in [4.69, 9.17) is 16.3 Å². The van der Waals surface area contributed by atoms with Crippen LogP contribution in [0.5, 0.6) is 5.88 Å². The lowest BCUT2D eigenvalue weighted by atomic mass is 10.1. The van der Waals surface area contributed by atoms with Crippen LogP contribution in [0.2, 0.25) is 5.02 Å². The minimum atomic E-state index is -0.0619. The van der Waals surface area contributed by atoms with E-state index in [9.17, 15) is 4.79 Å². The number of amides is 1. The molecule has 0 atom stereocenters. The van der Waals surface area contributed by atoms with Gasteiger partial charge in [-0.3, -0.25) is 4.79 Å². The molecule has 0 radical (unpaired) electrons. The fraction of sp³-hybridized carbons (Fsp3) is 0.263. The standard InChI is InChI=1S/C19H17BrClN5O2/c20-13-2-3-16(21)15(12-13)19(27)25-10-6-14(7-11-25)28-18-5-4-17(23-24-18)26-9-1-8-22-26/h1-5,8-9,12,14H,6-7,10-11H2. The molecular formula is C19H17BrClN5O2. The zero-order valence-corrected chi connectivity index (χ0v) is 17.2. The summed E-state index contributed by atoms with van der Waals surface area (Å²) < 4.78 is 8.39. The van der Waals surface area contributed by atoms with E-state index in [0.29, 0.717) is 35.4 Å². The molecule has 1 aromatic carbocycles. The lowest BCUT2D eigenvalue weighted by Crippen LogP contribution is -2.42. The van der Waals surface area contributed by atoms with Gasteiger partial charge in [0.05, 0.1) is 10.6 Å². The molecule has 28 heavy (non-hydrogen) atoms. The highest BCUT2D eigenvalue weighted by Gasteiger charge is 2.26. The van der Waals surface area contributed by atoms with Crippen molar-refractivity contribution in [3.63, 3.8) is 0 Å². The Morgan fingerprint density at radius 1 is 1.18 bits per heavy atom. The number of benzene rings is 1. The first kappa shape index (κ1) is 18.9. The monoisotopic (exact) mass is 461 g/mol. The minimum Gasteiger partial charge on any atom is -0.473 e. The molecular weight excluding hydrogens is 446 g/mol. The Morgan fingerprint density at radius 3 is 2.68 bits per heavy atom. The molecule has 1 saturated heterocycles. The van der Waals surface area contributed by atoms with Gasteiger partial charge in [-0.05, 0) is 30.3 Å². The molecule has 1 fully saturated rings. The third-order valence-corrected chi connectivity index (χ3v) is 5.36. The zero-order valence-electron chi connectivity index (χ0n) is 14.8. The van der Waals surface area contributed by atoms with Gasteiger partial charge in [0, 0.05) is 48.9 Å². The van der Waals surface area contributed by atoms with Crippen molar-refractivity contribution in [3.8, 4) is 11.7 Å². The number of carbonyl (C=O) groups excluding carboxylic acids is 1. The summed E-state index contributed by atoms with van der Waals surface area (Å²) in [6.07, 6.45) is 4.92. The van der Waals surface area contributed by atoms with Gasteiger partial charge in [-0.1, -0.05) is 27.5 Å². The maximum atomic E-state index is 12.7. The predicted octanol–water partition coefficient (Wildman–Crippen LogP) is 3.76. The average molecular weight is 463 g/mol. The second kappa shape index (κ2) is 8.28. The van der Waals surface area contributed by atoms with E-state index >= 15 is 0 Å². The maximum Gasteiger partial charge on any atom is 0.255 e. The van der Waals surface area contributed by atoms with Crippen LogP contribution in [0, 0.1) is 0 Å². The Kier molecular flexibility index (Phi) is 5.59. The summed E-state index contributed by atoms with van der Waals surface area (Å²) in [4.78, 5) is 14.5. The average Bonchev–Trinajstić information content (AvgIpc) is 3.25. The third-order valence-electron chi connectivity index (χ3n) is 4.54. The minimum absolute atomic E-state index is 0.00751. The van der Waals surface area contributed by atoms with Crippen molar-refractivity contribution in [2.24, 2.45) is 0 Å². The molecule has 0 bridgehead atoms. The molecule has 7 nitrogen and oxygen atoms in total. The van der Waals surface area contributed by atoms with Gasteiger partial charge in [0.1, 0.15) is 6.10 Å². The number of carbonyl (C=O) groups is 1. The Balaban J connectivity index is 1.34. The number of likely N-dealkylation sites (tertiary alicyclic amines) is 1. The molecule has 0 aliphatic carbocycles. The normalized spacial score (nSPS) is 14.9. The fourth-order valence-corrected chi connectivity index (χ4v) is 3.64. The van der Waals surface area contributed by atoms with Gasteiger partial charge in [-0.15, -0.1) is 10.2 Å². The van der Waals surface area contributed by atoms with Crippen LogP contribution in [0.4, 0.5) is 0 Å². The highest BCUT2D eigenvalue weighted by molar-refractivity contribution is 9.10. The second-order valence-electron chi connectivity index (χ2n) is 6.41. The topological polar surface area (TPSA) is 73.1 Å². The van der Waals surface area contributed by atoms with Crippen molar-refractivity contribution in [3.05, 3.63) is 63.9 Å². The number of piperidine rings is 1. The van der Waals surface area contributed by atoms with Gasteiger partial charge in [0.25, 0.3) is 5.91 Å². The molecule has 3 heterocycles. The van der Waals surface area contributed by atoms with Crippen LogP contribution in [0.1, 0.15) is 23.2 Å². The highest BCUT2D eigenvalue weighted by Crippen LogP contribution is 2.25. The van der Waals surface area contributed by atoms with Gasteiger partial charge < -0.3 is 9.64 Å². The molecule has 1 aliphatic rings. The van der Waals surface area contributed by atoms with E-state index in [2.05, 4.69) is 31.2 Å². The quantitative estimate of drug-likeness (QED) is 0.590. The van der Waals surface area contributed by atoms with Gasteiger partial charge in [-0.2, -0.15) is 5.10 Å². The Labute approximate surface area is 175 Å². The van der Waals surface area contributed by atoms with Crippen LogP contribution in [-0.4, -0.2) is 50.0 Å². The summed E-state index contributed by atoms with van der Waals surface area (Å²) in [5, 5.41) is 12.8.